The first-order valence-corrected chi connectivity index (χ1v) is 11.4. The van der Waals surface area contributed by atoms with Crippen molar-refractivity contribution in [2.75, 3.05) is 29.6 Å². The van der Waals surface area contributed by atoms with E-state index in [1.807, 2.05) is 38.4 Å². The number of nitrogens with one attached hydrogen (secondary N) is 2. The molecule has 0 saturated heterocycles. The molecule has 11 heteroatoms. The summed E-state index contributed by atoms with van der Waals surface area (Å²) in [4.78, 5) is 38.9. The molecule has 4 aromatic rings. The van der Waals surface area contributed by atoms with Crippen LogP contribution in [0.4, 0.5) is 32.1 Å². The normalized spacial score (nSPS) is 12.9. The number of benzene rings is 2. The second kappa shape index (κ2) is 8.64. The summed E-state index contributed by atoms with van der Waals surface area (Å²) in [5, 5.41) is 6.05. The molecule has 2 N–H and O–H groups in total. The molecular formula is C23H18ClFN6O2S. The molecule has 0 bridgehead atoms. The molecule has 172 valence electrons. The zero-order chi connectivity index (χ0) is 24.0. The Kier molecular flexibility index (Phi) is 5.64. The minimum Gasteiger partial charge on any atom is -0.321 e. The van der Waals surface area contributed by atoms with Crippen LogP contribution in [0.2, 0.25) is 5.02 Å². The summed E-state index contributed by atoms with van der Waals surface area (Å²) in [5.74, 6) is -0.682. The fourth-order valence-electron chi connectivity index (χ4n) is 3.74. The van der Waals surface area contributed by atoms with Crippen LogP contribution in [0.1, 0.15) is 15.2 Å². The van der Waals surface area contributed by atoms with Gasteiger partial charge in [0.05, 0.1) is 21.8 Å². The number of hydrogen-bond acceptors (Lipinski definition) is 6. The van der Waals surface area contributed by atoms with Gasteiger partial charge in [-0.2, -0.15) is 0 Å². The highest BCUT2D eigenvalue weighted by Gasteiger charge is 2.34. The molecule has 0 atom stereocenters. The third-order valence-corrected chi connectivity index (χ3v) is 6.58. The molecular weight excluding hydrogens is 479 g/mol. The molecule has 0 unspecified atom stereocenters. The first-order chi connectivity index (χ1) is 16.3. The SMILES string of the molecule is CN(C)Cc1ccc(NC(=O)c2sc3ncnc4c3c2NC(=O)N4c2ccc(F)c(Cl)c2)cc1. The zero-order valence-electron chi connectivity index (χ0n) is 18.1. The van der Waals surface area contributed by atoms with Crippen molar-refractivity contribution in [3.63, 3.8) is 0 Å². The van der Waals surface area contributed by atoms with Crippen LogP contribution in [0.25, 0.3) is 10.2 Å². The van der Waals surface area contributed by atoms with Gasteiger partial charge in [0.2, 0.25) is 0 Å². The summed E-state index contributed by atoms with van der Waals surface area (Å²) in [7, 11) is 3.97. The molecule has 2 aromatic carbocycles. The van der Waals surface area contributed by atoms with Crippen molar-refractivity contribution in [1.29, 1.82) is 0 Å². The highest BCUT2D eigenvalue weighted by Crippen LogP contribution is 2.45. The Morgan fingerprint density at radius 2 is 1.97 bits per heavy atom. The van der Waals surface area contributed by atoms with Crippen LogP contribution in [0, 0.1) is 5.82 Å². The summed E-state index contributed by atoms with van der Waals surface area (Å²) < 4.78 is 13.7. The van der Waals surface area contributed by atoms with E-state index < -0.39 is 11.8 Å². The van der Waals surface area contributed by atoms with Crippen LogP contribution in [0.15, 0.2) is 48.8 Å². The van der Waals surface area contributed by atoms with Gasteiger partial charge >= 0.3 is 6.03 Å². The van der Waals surface area contributed by atoms with Crippen molar-refractivity contribution in [2.45, 2.75) is 6.54 Å². The molecule has 3 heterocycles. The van der Waals surface area contributed by atoms with Crippen LogP contribution >= 0.6 is 22.9 Å². The van der Waals surface area contributed by atoms with Gasteiger partial charge in [0.15, 0.2) is 5.82 Å². The number of carbonyl (C=O) groups is 2. The Bertz CT molecular complexity index is 1440. The van der Waals surface area contributed by atoms with E-state index in [0.717, 1.165) is 23.4 Å². The van der Waals surface area contributed by atoms with Gasteiger partial charge < -0.3 is 15.5 Å². The van der Waals surface area contributed by atoms with Gasteiger partial charge in [0, 0.05) is 12.2 Å². The summed E-state index contributed by atoms with van der Waals surface area (Å²) in [6.07, 6.45) is 1.32. The van der Waals surface area contributed by atoms with Crippen LogP contribution < -0.4 is 15.5 Å². The molecule has 5 rings (SSSR count). The lowest BCUT2D eigenvalue weighted by Crippen LogP contribution is -2.35. The summed E-state index contributed by atoms with van der Waals surface area (Å²) in [6.45, 7) is 0.790. The molecule has 1 aliphatic rings. The quantitative estimate of drug-likeness (QED) is 0.382. The van der Waals surface area contributed by atoms with E-state index in [9.17, 15) is 14.0 Å². The lowest BCUT2D eigenvalue weighted by molar-refractivity contribution is 0.103. The van der Waals surface area contributed by atoms with Crippen LogP contribution in [0.3, 0.4) is 0 Å². The Labute approximate surface area is 203 Å². The predicted octanol–water partition coefficient (Wildman–Crippen LogP) is 5.48. The summed E-state index contributed by atoms with van der Waals surface area (Å²) in [5.41, 5.74) is 2.43. The highest BCUT2D eigenvalue weighted by atomic mass is 35.5. The molecule has 0 radical (unpaired) electrons. The van der Waals surface area contributed by atoms with Gasteiger partial charge in [0.25, 0.3) is 5.91 Å². The number of amides is 3. The van der Waals surface area contributed by atoms with Crippen LogP contribution in [-0.4, -0.2) is 40.9 Å². The van der Waals surface area contributed by atoms with Crippen molar-refractivity contribution in [3.8, 4) is 0 Å². The monoisotopic (exact) mass is 496 g/mol. The number of anilines is 4. The number of halogens is 2. The van der Waals surface area contributed by atoms with Crippen molar-refractivity contribution < 1.29 is 14.0 Å². The molecule has 0 fully saturated rings. The van der Waals surface area contributed by atoms with E-state index in [2.05, 4.69) is 25.5 Å². The number of carbonyl (C=O) groups excluding carboxylic acids is 2. The van der Waals surface area contributed by atoms with Crippen molar-refractivity contribution in [1.82, 2.24) is 14.9 Å². The predicted molar refractivity (Wildman–Crippen MR) is 132 cm³/mol. The molecule has 0 saturated carbocycles. The third-order valence-electron chi connectivity index (χ3n) is 5.19. The summed E-state index contributed by atoms with van der Waals surface area (Å²) in [6, 6.07) is 11.0. The largest absolute Gasteiger partial charge is 0.332 e. The average Bonchev–Trinajstić information content (AvgIpc) is 3.17. The summed E-state index contributed by atoms with van der Waals surface area (Å²) >= 11 is 7.07. The Hall–Kier alpha value is -3.60. The minimum atomic E-state index is -0.597. The van der Waals surface area contributed by atoms with E-state index >= 15 is 0 Å². The first kappa shape index (κ1) is 22.2. The maximum Gasteiger partial charge on any atom is 0.332 e. The van der Waals surface area contributed by atoms with Gasteiger partial charge in [-0.05, 0) is 50.0 Å². The van der Waals surface area contributed by atoms with Crippen LogP contribution in [0.5, 0.6) is 0 Å². The lowest BCUT2D eigenvalue weighted by atomic mass is 10.2. The second-order valence-electron chi connectivity index (χ2n) is 7.94. The van der Waals surface area contributed by atoms with Crippen molar-refractivity contribution in [3.05, 3.63) is 70.1 Å². The molecule has 2 aromatic heterocycles. The smallest absolute Gasteiger partial charge is 0.321 e. The molecule has 34 heavy (non-hydrogen) atoms. The fraction of sp³-hybridized carbons (Fsp3) is 0.130. The Morgan fingerprint density at radius 1 is 1.21 bits per heavy atom. The number of hydrogen-bond donors (Lipinski definition) is 2. The van der Waals surface area contributed by atoms with Gasteiger partial charge in [0.1, 0.15) is 21.9 Å². The lowest BCUT2D eigenvalue weighted by Gasteiger charge is -2.27. The molecule has 8 nitrogen and oxygen atoms in total. The van der Waals surface area contributed by atoms with Crippen molar-refractivity contribution in [2.24, 2.45) is 0 Å². The maximum atomic E-state index is 13.7. The Balaban J connectivity index is 1.50. The molecule has 0 aliphatic carbocycles. The second-order valence-corrected chi connectivity index (χ2v) is 9.34. The van der Waals surface area contributed by atoms with E-state index in [-0.39, 0.29) is 16.7 Å². The maximum absolute atomic E-state index is 13.7. The van der Waals surface area contributed by atoms with Gasteiger partial charge in [-0.3, -0.25) is 4.79 Å². The zero-order valence-corrected chi connectivity index (χ0v) is 19.7. The third kappa shape index (κ3) is 3.96. The van der Waals surface area contributed by atoms with E-state index in [1.54, 1.807) is 0 Å². The van der Waals surface area contributed by atoms with E-state index in [1.165, 1.54) is 29.4 Å². The highest BCUT2D eigenvalue weighted by molar-refractivity contribution is 7.21. The van der Waals surface area contributed by atoms with Gasteiger partial charge in [-0.15, -0.1) is 11.3 Å². The molecule has 3 amide bonds. The standard InChI is InChI=1S/C23H18ClFN6O2S/c1-30(2)10-12-3-5-13(6-4-12)28-21(32)19-18-17-20(26-11-27-22(17)34-19)31(23(33)29-18)14-7-8-16(25)15(24)9-14/h3-9,11H,10H2,1-2H3,(H,28,32)(H,29,33). The average molecular weight is 497 g/mol. The number of urea groups is 1. The van der Waals surface area contributed by atoms with Crippen molar-refractivity contribution >= 4 is 68.0 Å². The number of rotatable bonds is 5. The Morgan fingerprint density at radius 3 is 2.68 bits per heavy atom. The van der Waals surface area contributed by atoms with Crippen LogP contribution in [-0.2, 0) is 6.54 Å². The number of aromatic nitrogens is 2. The number of thiophene rings is 1. The minimum absolute atomic E-state index is 0.122. The van der Waals surface area contributed by atoms with E-state index in [0.29, 0.717) is 32.2 Å². The number of nitrogens with zero attached hydrogens (tertiary/aromatic N) is 4. The molecule has 1 aliphatic heterocycles. The molecule has 0 spiro atoms. The first-order valence-electron chi connectivity index (χ1n) is 10.2. The van der Waals surface area contributed by atoms with Gasteiger partial charge in [-0.25, -0.2) is 24.1 Å². The van der Waals surface area contributed by atoms with E-state index in [4.69, 9.17) is 11.6 Å². The topological polar surface area (TPSA) is 90.5 Å². The fourth-order valence-corrected chi connectivity index (χ4v) is 4.90. The van der Waals surface area contributed by atoms with Gasteiger partial charge in [-0.1, -0.05) is 23.7 Å².